The molecule has 0 saturated carbocycles. The number of carbonyl (C=O) groups is 1. The van der Waals surface area contributed by atoms with Crippen LogP contribution in [0.3, 0.4) is 0 Å². The van der Waals surface area contributed by atoms with E-state index in [4.69, 9.17) is 4.74 Å². The molecular weight excluding hydrogens is 376 g/mol. The third-order valence-corrected chi connectivity index (χ3v) is 5.71. The number of nitrogens with zero attached hydrogens (tertiary/aromatic N) is 4. The van der Waals surface area contributed by atoms with Gasteiger partial charge in [-0.2, -0.15) is 0 Å². The molecule has 6 nitrogen and oxygen atoms in total. The molecule has 0 radical (unpaired) electrons. The second-order valence-corrected chi connectivity index (χ2v) is 7.76. The fourth-order valence-electron chi connectivity index (χ4n) is 4.04. The molecule has 152 valence electrons. The monoisotopic (exact) mass is 400 g/mol. The summed E-state index contributed by atoms with van der Waals surface area (Å²) >= 11 is 0. The first-order valence-electron chi connectivity index (χ1n) is 10.4. The van der Waals surface area contributed by atoms with Crippen molar-refractivity contribution in [3.8, 4) is 5.75 Å². The van der Waals surface area contributed by atoms with Gasteiger partial charge in [0.1, 0.15) is 5.75 Å². The SMILES string of the molecule is O=C(/C=C/c1cnc2ccccc2n1)N1CCN(Cc2ccc3c(c2)CCO3)CC1. The van der Waals surface area contributed by atoms with Crippen molar-refractivity contribution in [1.29, 1.82) is 0 Å². The van der Waals surface area contributed by atoms with Gasteiger partial charge in [0.25, 0.3) is 0 Å². The smallest absolute Gasteiger partial charge is 0.246 e. The van der Waals surface area contributed by atoms with Crippen LogP contribution in [0.25, 0.3) is 17.1 Å². The van der Waals surface area contributed by atoms with Crippen molar-refractivity contribution >= 4 is 23.0 Å². The van der Waals surface area contributed by atoms with Crippen molar-refractivity contribution in [1.82, 2.24) is 19.8 Å². The Morgan fingerprint density at radius 2 is 1.90 bits per heavy atom. The second-order valence-electron chi connectivity index (χ2n) is 7.76. The lowest BCUT2D eigenvalue weighted by atomic mass is 10.1. The number of amides is 1. The van der Waals surface area contributed by atoms with E-state index in [9.17, 15) is 4.79 Å². The molecule has 3 heterocycles. The van der Waals surface area contributed by atoms with E-state index in [1.165, 1.54) is 11.1 Å². The van der Waals surface area contributed by atoms with Gasteiger partial charge in [-0.3, -0.25) is 14.7 Å². The van der Waals surface area contributed by atoms with E-state index < -0.39 is 0 Å². The highest BCUT2D eigenvalue weighted by atomic mass is 16.5. The Morgan fingerprint density at radius 1 is 1.07 bits per heavy atom. The molecule has 6 heteroatoms. The minimum absolute atomic E-state index is 0.0271. The van der Waals surface area contributed by atoms with Gasteiger partial charge in [-0.1, -0.05) is 24.3 Å². The van der Waals surface area contributed by atoms with E-state index in [0.29, 0.717) is 5.69 Å². The molecule has 0 unspecified atom stereocenters. The van der Waals surface area contributed by atoms with Gasteiger partial charge in [0.05, 0.1) is 29.5 Å². The van der Waals surface area contributed by atoms with Crippen LogP contribution >= 0.6 is 0 Å². The predicted octanol–water partition coefficient (Wildman–Crippen LogP) is 2.92. The van der Waals surface area contributed by atoms with Crippen LogP contribution in [0.5, 0.6) is 5.75 Å². The van der Waals surface area contributed by atoms with Crippen LogP contribution in [-0.2, 0) is 17.8 Å². The zero-order valence-corrected chi connectivity index (χ0v) is 16.8. The van der Waals surface area contributed by atoms with Gasteiger partial charge in [0, 0.05) is 45.2 Å². The first-order chi connectivity index (χ1) is 14.7. The number of ether oxygens (including phenoxy) is 1. The van der Waals surface area contributed by atoms with Gasteiger partial charge in [0.2, 0.25) is 5.91 Å². The van der Waals surface area contributed by atoms with E-state index in [2.05, 4.69) is 33.1 Å². The Bertz CT molecular complexity index is 1100. The molecular formula is C24H24N4O2. The average Bonchev–Trinajstić information content (AvgIpc) is 3.26. The van der Waals surface area contributed by atoms with E-state index in [0.717, 1.165) is 62.5 Å². The van der Waals surface area contributed by atoms with Crippen LogP contribution < -0.4 is 4.74 Å². The summed E-state index contributed by atoms with van der Waals surface area (Å²) in [6, 6.07) is 14.2. The second kappa shape index (κ2) is 8.24. The Balaban J connectivity index is 1.16. The maximum absolute atomic E-state index is 12.6. The normalized spacial score (nSPS) is 16.7. The zero-order valence-electron chi connectivity index (χ0n) is 16.8. The minimum Gasteiger partial charge on any atom is -0.493 e. The van der Waals surface area contributed by atoms with Gasteiger partial charge < -0.3 is 9.64 Å². The number of hydrogen-bond donors (Lipinski definition) is 0. The third-order valence-electron chi connectivity index (χ3n) is 5.71. The summed E-state index contributed by atoms with van der Waals surface area (Å²) in [5.74, 6) is 1.05. The lowest BCUT2D eigenvalue weighted by Crippen LogP contribution is -2.47. The first-order valence-corrected chi connectivity index (χ1v) is 10.4. The van der Waals surface area contributed by atoms with Crippen molar-refractivity contribution in [3.63, 3.8) is 0 Å². The molecule has 1 fully saturated rings. The summed E-state index contributed by atoms with van der Waals surface area (Å²) in [5.41, 5.74) is 5.00. The van der Waals surface area contributed by atoms with E-state index >= 15 is 0 Å². The number of benzene rings is 2. The molecule has 0 spiro atoms. The Morgan fingerprint density at radius 3 is 2.77 bits per heavy atom. The predicted molar refractivity (Wildman–Crippen MR) is 116 cm³/mol. The number of fused-ring (bicyclic) bond motifs is 2. The van der Waals surface area contributed by atoms with Crippen molar-refractivity contribution in [3.05, 3.63) is 71.6 Å². The molecule has 2 aromatic carbocycles. The molecule has 0 bridgehead atoms. The van der Waals surface area contributed by atoms with Crippen molar-refractivity contribution in [2.75, 3.05) is 32.8 Å². The van der Waals surface area contributed by atoms with E-state index in [1.807, 2.05) is 29.2 Å². The molecule has 30 heavy (non-hydrogen) atoms. The summed E-state index contributed by atoms with van der Waals surface area (Å²) < 4.78 is 5.59. The molecule has 5 rings (SSSR count). The van der Waals surface area contributed by atoms with Gasteiger partial charge >= 0.3 is 0 Å². The van der Waals surface area contributed by atoms with Crippen molar-refractivity contribution < 1.29 is 9.53 Å². The number of hydrogen-bond acceptors (Lipinski definition) is 5. The van der Waals surface area contributed by atoms with Gasteiger partial charge in [-0.05, 0) is 35.4 Å². The molecule has 2 aliphatic rings. The molecule has 1 saturated heterocycles. The molecule has 2 aliphatic heterocycles. The molecule has 0 N–H and O–H groups in total. The molecule has 0 atom stereocenters. The highest BCUT2D eigenvalue weighted by Crippen LogP contribution is 2.26. The number of rotatable bonds is 4. The number of piperazine rings is 1. The topological polar surface area (TPSA) is 58.6 Å². The fraction of sp³-hybridized carbons (Fsp3) is 0.292. The van der Waals surface area contributed by atoms with Crippen molar-refractivity contribution in [2.24, 2.45) is 0 Å². The Kier molecular flexibility index (Phi) is 5.15. The molecule has 3 aromatic rings. The van der Waals surface area contributed by atoms with Crippen LogP contribution in [0.4, 0.5) is 0 Å². The highest BCUT2D eigenvalue weighted by Gasteiger charge is 2.20. The fourth-order valence-corrected chi connectivity index (χ4v) is 4.04. The van der Waals surface area contributed by atoms with Crippen LogP contribution in [0.15, 0.2) is 54.7 Å². The van der Waals surface area contributed by atoms with Crippen LogP contribution in [0.1, 0.15) is 16.8 Å². The van der Waals surface area contributed by atoms with Gasteiger partial charge in [0.15, 0.2) is 0 Å². The zero-order chi connectivity index (χ0) is 20.3. The van der Waals surface area contributed by atoms with Crippen LogP contribution in [0, 0.1) is 0 Å². The summed E-state index contributed by atoms with van der Waals surface area (Å²) in [5, 5.41) is 0. The quantitative estimate of drug-likeness (QED) is 0.631. The number of carbonyl (C=O) groups excluding carboxylic acids is 1. The summed E-state index contributed by atoms with van der Waals surface area (Å²) in [6.07, 6.45) is 6.06. The highest BCUT2D eigenvalue weighted by molar-refractivity contribution is 5.91. The lowest BCUT2D eigenvalue weighted by Gasteiger charge is -2.34. The lowest BCUT2D eigenvalue weighted by molar-refractivity contribution is -0.127. The van der Waals surface area contributed by atoms with E-state index in [-0.39, 0.29) is 5.91 Å². The molecule has 1 amide bonds. The van der Waals surface area contributed by atoms with Crippen molar-refractivity contribution in [2.45, 2.75) is 13.0 Å². The largest absolute Gasteiger partial charge is 0.493 e. The number of para-hydroxylation sites is 2. The average molecular weight is 400 g/mol. The Labute approximate surface area is 175 Å². The van der Waals surface area contributed by atoms with Gasteiger partial charge in [-0.15, -0.1) is 0 Å². The summed E-state index contributed by atoms with van der Waals surface area (Å²) in [7, 11) is 0. The standard InChI is InChI=1S/C24H24N4O2/c29-24(8-6-20-16-25-21-3-1-2-4-22(21)26-20)28-12-10-27(11-13-28)17-18-5-7-23-19(15-18)9-14-30-23/h1-8,15-16H,9-14,17H2/b8-6+. The first kappa shape index (κ1) is 18.8. The molecule has 1 aromatic heterocycles. The molecule has 0 aliphatic carbocycles. The van der Waals surface area contributed by atoms with Gasteiger partial charge in [-0.25, -0.2) is 4.98 Å². The Hall–Kier alpha value is -3.25. The minimum atomic E-state index is 0.0271. The van der Waals surface area contributed by atoms with E-state index in [1.54, 1.807) is 18.3 Å². The van der Waals surface area contributed by atoms with Crippen LogP contribution in [-0.4, -0.2) is 58.5 Å². The number of aromatic nitrogens is 2. The maximum atomic E-state index is 12.6. The van der Waals surface area contributed by atoms with Crippen LogP contribution in [0.2, 0.25) is 0 Å². The maximum Gasteiger partial charge on any atom is 0.246 e. The summed E-state index contributed by atoms with van der Waals surface area (Å²) in [4.78, 5) is 25.8. The third kappa shape index (κ3) is 4.04. The summed E-state index contributed by atoms with van der Waals surface area (Å²) in [6.45, 7) is 4.93.